The molecule has 0 aliphatic carbocycles. The molecule has 1 amide bonds. The van der Waals surface area contributed by atoms with Crippen molar-refractivity contribution in [3.63, 3.8) is 0 Å². The maximum atomic E-state index is 13.2. The minimum atomic E-state index is -0.0143. The first-order valence-electron chi connectivity index (χ1n) is 11.3. The maximum Gasteiger partial charge on any atom is 0.254 e. The molecule has 1 aliphatic rings. The van der Waals surface area contributed by atoms with Crippen LogP contribution in [0.1, 0.15) is 27.6 Å². The van der Waals surface area contributed by atoms with Gasteiger partial charge >= 0.3 is 0 Å². The van der Waals surface area contributed by atoms with Gasteiger partial charge in [0.15, 0.2) is 11.6 Å². The minimum Gasteiger partial charge on any atom is -0.329 e. The Morgan fingerprint density at radius 3 is 2.53 bits per heavy atom. The summed E-state index contributed by atoms with van der Waals surface area (Å²) in [6, 6.07) is 21.7. The summed E-state index contributed by atoms with van der Waals surface area (Å²) in [6.45, 7) is 5.62. The number of hydrogen-bond acceptors (Lipinski definition) is 5. The number of aromatic nitrogens is 6. The summed E-state index contributed by atoms with van der Waals surface area (Å²) < 4.78 is 3.95. The Balaban J connectivity index is 1.22. The molecule has 0 fully saturated rings. The number of carbonyl (C=O) groups excluding carboxylic acids is 1. The fourth-order valence-electron chi connectivity index (χ4n) is 4.53. The molecule has 0 radical (unpaired) electrons. The summed E-state index contributed by atoms with van der Waals surface area (Å²) in [7, 11) is 0. The van der Waals surface area contributed by atoms with Gasteiger partial charge in [-0.1, -0.05) is 24.3 Å². The van der Waals surface area contributed by atoms with Gasteiger partial charge in [0.2, 0.25) is 0 Å². The van der Waals surface area contributed by atoms with Crippen LogP contribution in [0, 0.1) is 13.8 Å². The second-order valence-corrected chi connectivity index (χ2v) is 8.59. The van der Waals surface area contributed by atoms with E-state index in [0.717, 1.165) is 45.3 Å². The van der Waals surface area contributed by atoms with Crippen LogP contribution >= 0.6 is 0 Å². The first kappa shape index (κ1) is 20.3. The molecule has 0 unspecified atom stereocenters. The number of amides is 1. The highest BCUT2D eigenvalue weighted by Gasteiger charge is 2.26. The second kappa shape index (κ2) is 7.91. The molecule has 1 aliphatic heterocycles. The highest BCUT2D eigenvalue weighted by atomic mass is 16.2. The molecule has 4 heterocycles. The van der Waals surface area contributed by atoms with Crippen LogP contribution in [-0.2, 0) is 13.1 Å². The molecule has 3 aromatic heterocycles. The lowest BCUT2D eigenvalue weighted by atomic mass is 10.1. The monoisotopic (exact) mass is 449 g/mol. The number of rotatable bonds is 3. The predicted octanol–water partition coefficient (Wildman–Crippen LogP) is 3.95. The van der Waals surface area contributed by atoms with Gasteiger partial charge in [-0.3, -0.25) is 4.79 Å². The molecule has 6 rings (SSSR count). The van der Waals surface area contributed by atoms with Crippen molar-refractivity contribution in [1.29, 1.82) is 0 Å². The zero-order chi connectivity index (χ0) is 23.2. The van der Waals surface area contributed by atoms with Gasteiger partial charge < -0.3 is 9.47 Å². The fourth-order valence-corrected chi connectivity index (χ4v) is 4.53. The van der Waals surface area contributed by atoms with E-state index in [1.165, 1.54) is 0 Å². The molecular formula is C26H23N7O. The van der Waals surface area contributed by atoms with E-state index in [2.05, 4.69) is 19.9 Å². The Labute approximate surface area is 196 Å². The lowest BCUT2D eigenvalue weighted by molar-refractivity contribution is 0.0708. The number of carbonyl (C=O) groups is 1. The van der Waals surface area contributed by atoms with Crippen LogP contribution in [0.4, 0.5) is 0 Å². The number of pyridine rings is 1. The third-order valence-corrected chi connectivity index (χ3v) is 6.24. The first-order chi connectivity index (χ1) is 16.6. The fraction of sp³-hybridized carbons (Fsp3) is 0.192. The minimum absolute atomic E-state index is 0.0143. The standard InChI is InChI=1S/C26H23N7O/c1-17-15-18(2)33(30-17)21-10-7-20(8-11-21)26(34)31-13-14-32-24(16-31)28-29-25(32)23-12-9-19-5-3-4-6-22(19)27-23/h3-12,15H,13-14,16H2,1-2H3. The number of fused-ring (bicyclic) bond motifs is 2. The van der Waals surface area contributed by atoms with Gasteiger partial charge in [0.25, 0.3) is 5.91 Å². The molecule has 0 atom stereocenters. The molecule has 0 bridgehead atoms. The highest BCUT2D eigenvalue weighted by Crippen LogP contribution is 2.24. The molecule has 34 heavy (non-hydrogen) atoms. The van der Waals surface area contributed by atoms with Crippen LogP contribution < -0.4 is 0 Å². The van der Waals surface area contributed by atoms with Crippen LogP contribution in [0.25, 0.3) is 28.1 Å². The van der Waals surface area contributed by atoms with Gasteiger partial charge in [-0.15, -0.1) is 10.2 Å². The van der Waals surface area contributed by atoms with Crippen molar-refractivity contribution in [3.8, 4) is 17.2 Å². The van der Waals surface area contributed by atoms with Gasteiger partial charge in [-0.2, -0.15) is 5.10 Å². The number of para-hydroxylation sites is 1. The Hall–Kier alpha value is -4.33. The Morgan fingerprint density at radius 2 is 1.74 bits per heavy atom. The van der Waals surface area contributed by atoms with Crippen molar-refractivity contribution >= 4 is 16.8 Å². The number of aryl methyl sites for hydroxylation is 2. The average Bonchev–Trinajstić information content (AvgIpc) is 3.45. The average molecular weight is 450 g/mol. The number of hydrogen-bond donors (Lipinski definition) is 0. The van der Waals surface area contributed by atoms with E-state index in [1.54, 1.807) is 0 Å². The molecule has 5 aromatic rings. The van der Waals surface area contributed by atoms with E-state index in [1.807, 2.05) is 90.2 Å². The summed E-state index contributed by atoms with van der Waals surface area (Å²) in [4.78, 5) is 19.8. The van der Waals surface area contributed by atoms with Crippen molar-refractivity contribution < 1.29 is 4.79 Å². The lowest BCUT2D eigenvalue weighted by Gasteiger charge is -2.28. The Morgan fingerprint density at radius 1 is 0.912 bits per heavy atom. The molecule has 8 nitrogen and oxygen atoms in total. The molecule has 0 N–H and O–H groups in total. The van der Waals surface area contributed by atoms with Crippen molar-refractivity contribution in [2.75, 3.05) is 6.54 Å². The van der Waals surface area contributed by atoms with E-state index in [0.29, 0.717) is 25.2 Å². The van der Waals surface area contributed by atoms with E-state index < -0.39 is 0 Å². The topological polar surface area (TPSA) is 81.7 Å². The maximum absolute atomic E-state index is 13.2. The van der Waals surface area contributed by atoms with Crippen LogP contribution in [0.2, 0.25) is 0 Å². The van der Waals surface area contributed by atoms with Crippen LogP contribution in [0.5, 0.6) is 0 Å². The van der Waals surface area contributed by atoms with Crippen molar-refractivity contribution in [2.24, 2.45) is 0 Å². The summed E-state index contributed by atoms with van der Waals surface area (Å²) in [5, 5.41) is 14.4. The predicted molar refractivity (Wildman–Crippen MR) is 129 cm³/mol. The second-order valence-electron chi connectivity index (χ2n) is 8.59. The molecule has 8 heteroatoms. The Kier molecular flexibility index (Phi) is 4.72. The van der Waals surface area contributed by atoms with E-state index in [4.69, 9.17) is 4.98 Å². The van der Waals surface area contributed by atoms with E-state index in [-0.39, 0.29) is 5.91 Å². The molecule has 168 valence electrons. The number of nitrogens with zero attached hydrogens (tertiary/aromatic N) is 7. The molecule has 2 aromatic carbocycles. The zero-order valence-electron chi connectivity index (χ0n) is 19.0. The third kappa shape index (κ3) is 3.44. The SMILES string of the molecule is Cc1cc(C)n(-c2ccc(C(=O)N3CCn4c(nnc4-c4ccc5ccccc5n4)C3)cc2)n1. The summed E-state index contributed by atoms with van der Waals surface area (Å²) in [5.41, 5.74) is 5.32. The van der Waals surface area contributed by atoms with Crippen molar-refractivity contribution in [3.05, 3.63) is 89.5 Å². The van der Waals surface area contributed by atoms with Crippen LogP contribution in [0.3, 0.4) is 0 Å². The van der Waals surface area contributed by atoms with Gasteiger partial charge in [0.1, 0.15) is 5.69 Å². The van der Waals surface area contributed by atoms with Gasteiger partial charge in [-0.05, 0) is 56.3 Å². The van der Waals surface area contributed by atoms with Gasteiger partial charge in [0.05, 0.1) is 23.4 Å². The zero-order valence-corrected chi connectivity index (χ0v) is 19.0. The summed E-state index contributed by atoms with van der Waals surface area (Å²) >= 11 is 0. The molecule has 0 saturated heterocycles. The quantitative estimate of drug-likeness (QED) is 0.417. The molecular weight excluding hydrogens is 426 g/mol. The van der Waals surface area contributed by atoms with E-state index >= 15 is 0 Å². The normalized spacial score (nSPS) is 13.3. The van der Waals surface area contributed by atoms with Crippen molar-refractivity contribution in [2.45, 2.75) is 26.9 Å². The molecule has 0 saturated carbocycles. The largest absolute Gasteiger partial charge is 0.329 e. The highest BCUT2D eigenvalue weighted by molar-refractivity contribution is 5.94. The van der Waals surface area contributed by atoms with Crippen LogP contribution in [-0.4, -0.2) is 46.9 Å². The summed E-state index contributed by atoms with van der Waals surface area (Å²) in [5.74, 6) is 1.49. The number of benzene rings is 2. The van der Waals surface area contributed by atoms with Crippen LogP contribution in [0.15, 0.2) is 66.7 Å². The van der Waals surface area contributed by atoms with E-state index in [9.17, 15) is 4.79 Å². The van der Waals surface area contributed by atoms with Crippen molar-refractivity contribution in [1.82, 2.24) is 34.4 Å². The van der Waals surface area contributed by atoms with Gasteiger partial charge in [-0.25, -0.2) is 9.67 Å². The smallest absolute Gasteiger partial charge is 0.254 e. The first-order valence-corrected chi connectivity index (χ1v) is 11.3. The van der Waals surface area contributed by atoms with Gasteiger partial charge in [0, 0.05) is 29.7 Å². The lowest BCUT2D eigenvalue weighted by Crippen LogP contribution is -2.38. The third-order valence-electron chi connectivity index (χ3n) is 6.24. The Bertz CT molecular complexity index is 1530. The summed E-state index contributed by atoms with van der Waals surface area (Å²) in [6.07, 6.45) is 0. The molecule has 0 spiro atoms.